The zero-order valence-electron chi connectivity index (χ0n) is 14.8. The van der Waals surface area contributed by atoms with Gasteiger partial charge in [-0.1, -0.05) is 54.6 Å². The summed E-state index contributed by atoms with van der Waals surface area (Å²) in [6.45, 7) is 0.666. The Labute approximate surface area is 157 Å². The van der Waals surface area contributed by atoms with Crippen molar-refractivity contribution >= 4 is 11.0 Å². The van der Waals surface area contributed by atoms with E-state index in [9.17, 15) is 4.39 Å². The van der Waals surface area contributed by atoms with E-state index in [2.05, 4.69) is 51.7 Å². The van der Waals surface area contributed by atoms with Gasteiger partial charge in [0.1, 0.15) is 6.17 Å². The molecule has 1 aromatic heterocycles. The fourth-order valence-corrected chi connectivity index (χ4v) is 3.90. The van der Waals surface area contributed by atoms with Gasteiger partial charge in [-0.15, -0.1) is 0 Å². The number of nitrogens with one attached hydrogen (secondary N) is 2. The van der Waals surface area contributed by atoms with E-state index in [-0.39, 0.29) is 6.04 Å². The van der Waals surface area contributed by atoms with Gasteiger partial charge in [0.05, 0.1) is 17.4 Å². The van der Waals surface area contributed by atoms with Crippen molar-refractivity contribution in [3.8, 4) is 11.1 Å². The molecular weight excluding hydrogens is 337 g/mol. The second kappa shape index (κ2) is 6.63. The molecule has 2 N–H and O–H groups in total. The van der Waals surface area contributed by atoms with Gasteiger partial charge in [0.25, 0.3) is 0 Å². The van der Waals surface area contributed by atoms with E-state index >= 15 is 0 Å². The summed E-state index contributed by atoms with van der Waals surface area (Å²) >= 11 is 0. The molecule has 0 saturated heterocycles. The van der Waals surface area contributed by atoms with E-state index in [4.69, 9.17) is 0 Å². The summed E-state index contributed by atoms with van der Waals surface area (Å²) in [6.07, 6.45) is 1.53. The van der Waals surface area contributed by atoms with Crippen LogP contribution in [-0.2, 0) is 13.0 Å². The first-order chi connectivity index (χ1) is 13.3. The summed E-state index contributed by atoms with van der Waals surface area (Å²) in [5, 5.41) is 3.39. The van der Waals surface area contributed by atoms with Crippen molar-refractivity contribution in [3.63, 3.8) is 0 Å². The monoisotopic (exact) mass is 357 g/mol. The highest BCUT2D eigenvalue weighted by atomic mass is 19.1. The number of benzene rings is 3. The Balaban J connectivity index is 1.27. The van der Waals surface area contributed by atoms with Crippen molar-refractivity contribution < 1.29 is 4.39 Å². The van der Waals surface area contributed by atoms with Crippen molar-refractivity contribution in [3.05, 3.63) is 89.7 Å². The molecule has 134 valence electrons. The van der Waals surface area contributed by atoms with Crippen molar-refractivity contribution in [2.45, 2.75) is 25.2 Å². The molecule has 5 rings (SSSR count). The maximum Gasteiger partial charge on any atom is 0.141 e. The topological polar surface area (TPSA) is 40.7 Å². The highest BCUT2D eigenvalue weighted by Crippen LogP contribution is 2.34. The van der Waals surface area contributed by atoms with Crippen LogP contribution in [0.15, 0.2) is 73.1 Å². The fraction of sp³-hybridized carbons (Fsp3) is 0.174. The molecule has 0 amide bonds. The predicted octanol–water partition coefficient (Wildman–Crippen LogP) is 4.96. The van der Waals surface area contributed by atoms with Gasteiger partial charge in [0, 0.05) is 12.6 Å². The third-order valence-corrected chi connectivity index (χ3v) is 5.42. The van der Waals surface area contributed by atoms with Crippen LogP contribution in [0.2, 0.25) is 0 Å². The van der Waals surface area contributed by atoms with E-state index in [1.807, 2.05) is 30.3 Å². The number of fused-ring (bicyclic) bond motifs is 2. The summed E-state index contributed by atoms with van der Waals surface area (Å²) in [6, 6.07) is 22.3. The second-order valence-electron chi connectivity index (χ2n) is 7.12. The largest absolute Gasteiger partial charge is 0.345 e. The minimum Gasteiger partial charge on any atom is -0.345 e. The van der Waals surface area contributed by atoms with Crippen LogP contribution in [0.3, 0.4) is 0 Å². The maximum atomic E-state index is 14.6. The lowest BCUT2D eigenvalue weighted by molar-refractivity contribution is 0.271. The Morgan fingerprint density at radius 3 is 2.67 bits per heavy atom. The quantitative estimate of drug-likeness (QED) is 0.542. The molecule has 0 aliphatic heterocycles. The lowest BCUT2D eigenvalue weighted by atomic mass is 10.0. The van der Waals surface area contributed by atoms with Gasteiger partial charge in [-0.3, -0.25) is 0 Å². The molecule has 2 atom stereocenters. The van der Waals surface area contributed by atoms with Gasteiger partial charge < -0.3 is 10.3 Å². The summed E-state index contributed by atoms with van der Waals surface area (Å²) in [7, 11) is 0. The number of halogens is 1. The van der Waals surface area contributed by atoms with E-state index in [0.29, 0.717) is 6.54 Å². The van der Waals surface area contributed by atoms with Crippen molar-refractivity contribution in [1.29, 1.82) is 0 Å². The molecule has 1 heterocycles. The fourth-order valence-electron chi connectivity index (χ4n) is 3.90. The van der Waals surface area contributed by atoms with Crippen molar-refractivity contribution in [2.24, 2.45) is 0 Å². The zero-order chi connectivity index (χ0) is 18.2. The molecule has 1 aliphatic rings. The predicted molar refractivity (Wildman–Crippen MR) is 106 cm³/mol. The third-order valence-electron chi connectivity index (χ3n) is 5.42. The van der Waals surface area contributed by atoms with Gasteiger partial charge in [-0.2, -0.15) is 0 Å². The van der Waals surface area contributed by atoms with Gasteiger partial charge >= 0.3 is 0 Å². The molecule has 4 heteroatoms. The smallest absolute Gasteiger partial charge is 0.141 e. The van der Waals surface area contributed by atoms with Crippen LogP contribution < -0.4 is 5.32 Å². The molecule has 0 fully saturated rings. The van der Waals surface area contributed by atoms with Crippen LogP contribution in [0.4, 0.5) is 4.39 Å². The second-order valence-corrected chi connectivity index (χ2v) is 7.12. The standard InChI is InChI=1S/C23H20FN3/c24-23-19-4-2-1-3-18(19)12-22(23)25-13-15-5-7-16(8-6-15)17-9-10-20-21(11-17)27-14-26-20/h1-11,14,22-23,25H,12-13H2,(H,26,27)/t22-,23+/m1/s1. The molecule has 3 nitrogen and oxygen atoms in total. The number of rotatable bonds is 4. The van der Waals surface area contributed by atoms with E-state index < -0.39 is 6.17 Å². The number of H-pyrrole nitrogens is 1. The number of alkyl halides is 1. The molecule has 4 aromatic rings. The van der Waals surface area contributed by atoms with Gasteiger partial charge in [0.15, 0.2) is 0 Å². The molecule has 3 aromatic carbocycles. The molecule has 0 spiro atoms. The number of nitrogens with zero attached hydrogens (tertiary/aromatic N) is 1. The van der Waals surface area contributed by atoms with Crippen molar-refractivity contribution in [1.82, 2.24) is 15.3 Å². The normalized spacial score (nSPS) is 18.7. The summed E-state index contributed by atoms with van der Waals surface area (Å²) in [4.78, 5) is 7.40. The van der Waals surface area contributed by atoms with Crippen molar-refractivity contribution in [2.75, 3.05) is 0 Å². The molecule has 0 unspecified atom stereocenters. The van der Waals surface area contributed by atoms with Crippen LogP contribution in [0.5, 0.6) is 0 Å². The van der Waals surface area contributed by atoms with Gasteiger partial charge in [0.2, 0.25) is 0 Å². The van der Waals surface area contributed by atoms with E-state index in [1.165, 1.54) is 0 Å². The lowest BCUT2D eigenvalue weighted by Gasteiger charge is -2.15. The first kappa shape index (κ1) is 16.2. The highest BCUT2D eigenvalue weighted by Gasteiger charge is 2.31. The Morgan fingerprint density at radius 1 is 1.00 bits per heavy atom. The number of aromatic amines is 1. The van der Waals surface area contributed by atoms with Crippen LogP contribution in [0.1, 0.15) is 22.9 Å². The molecule has 0 radical (unpaired) electrons. The van der Waals surface area contributed by atoms with E-state index in [0.717, 1.165) is 45.3 Å². The van der Waals surface area contributed by atoms with Crippen LogP contribution in [0, 0.1) is 0 Å². The molecule has 1 aliphatic carbocycles. The molecule has 0 bridgehead atoms. The molecule has 0 saturated carbocycles. The van der Waals surface area contributed by atoms with Gasteiger partial charge in [-0.25, -0.2) is 9.37 Å². The maximum absolute atomic E-state index is 14.6. The van der Waals surface area contributed by atoms with Crippen LogP contribution >= 0.6 is 0 Å². The Bertz CT molecular complexity index is 1080. The number of aromatic nitrogens is 2. The third kappa shape index (κ3) is 3.02. The zero-order valence-corrected chi connectivity index (χ0v) is 14.8. The Morgan fingerprint density at radius 2 is 1.81 bits per heavy atom. The molecule has 27 heavy (non-hydrogen) atoms. The molecular formula is C23H20FN3. The minimum atomic E-state index is -0.929. The van der Waals surface area contributed by atoms with Crippen LogP contribution in [0.25, 0.3) is 22.2 Å². The number of imidazole rings is 1. The summed E-state index contributed by atoms with van der Waals surface area (Å²) in [5.41, 5.74) is 7.43. The average Bonchev–Trinajstić information content (AvgIpc) is 3.31. The lowest BCUT2D eigenvalue weighted by Crippen LogP contribution is -2.30. The summed E-state index contributed by atoms with van der Waals surface area (Å²) in [5.74, 6) is 0. The SMILES string of the molecule is F[C@H]1c2ccccc2C[C@H]1NCc1ccc(-c2ccc3nc[nH]c3c2)cc1. The van der Waals surface area contributed by atoms with Gasteiger partial charge in [-0.05, 0) is 46.4 Å². The minimum absolute atomic E-state index is 0.148. The Kier molecular flexibility index (Phi) is 3.98. The average molecular weight is 357 g/mol. The number of hydrogen-bond donors (Lipinski definition) is 2. The first-order valence-corrected chi connectivity index (χ1v) is 9.26. The number of hydrogen-bond acceptors (Lipinski definition) is 2. The van der Waals surface area contributed by atoms with Crippen LogP contribution in [-0.4, -0.2) is 16.0 Å². The Hall–Kier alpha value is -2.98. The first-order valence-electron chi connectivity index (χ1n) is 9.26. The highest BCUT2D eigenvalue weighted by molar-refractivity contribution is 5.81. The summed E-state index contributed by atoms with van der Waals surface area (Å²) < 4.78 is 14.6. The van der Waals surface area contributed by atoms with E-state index in [1.54, 1.807) is 6.33 Å².